The molecule has 0 bridgehead atoms. The third-order valence-electron chi connectivity index (χ3n) is 6.37. The van der Waals surface area contributed by atoms with Crippen molar-refractivity contribution in [1.82, 2.24) is 30.2 Å². The van der Waals surface area contributed by atoms with Crippen molar-refractivity contribution in [2.75, 3.05) is 0 Å². The van der Waals surface area contributed by atoms with E-state index in [0.717, 1.165) is 12.1 Å². The maximum atomic E-state index is 13.3. The third kappa shape index (κ3) is 9.26. The molecule has 0 unspecified atom stereocenters. The summed E-state index contributed by atoms with van der Waals surface area (Å²) in [5.74, 6) is -1.77. The van der Waals surface area contributed by atoms with Crippen LogP contribution in [0.25, 0.3) is 0 Å². The van der Waals surface area contributed by atoms with Crippen molar-refractivity contribution >= 4 is 11.8 Å². The van der Waals surface area contributed by atoms with E-state index in [0.29, 0.717) is 27.2 Å². The SMILES string of the molecule is CC(C)c1cc(F)ccc1C(=O)NCc1cc(C#N)n(C)n1.F.[2H]C([2H])([2H])n1nc(CNC(=O)c2ccc(F)cc2[C@H](C)O)cc1C#N. The molecule has 45 heavy (non-hydrogen) atoms. The molecule has 0 aliphatic heterocycles. The van der Waals surface area contributed by atoms with Crippen LogP contribution in [0.3, 0.4) is 0 Å². The Labute approximate surface area is 262 Å². The zero-order chi connectivity index (χ0) is 35.1. The number of aliphatic hydroxyl groups excluding tert-OH is 1. The molecule has 2 amide bonds. The topological polar surface area (TPSA) is 162 Å². The minimum atomic E-state index is -2.61. The van der Waals surface area contributed by atoms with E-state index in [4.69, 9.17) is 14.6 Å². The molecular weight excluding hydrogens is 589 g/mol. The van der Waals surface area contributed by atoms with E-state index in [1.807, 2.05) is 19.9 Å². The van der Waals surface area contributed by atoms with Gasteiger partial charge in [0.2, 0.25) is 0 Å². The van der Waals surface area contributed by atoms with E-state index < -0.39 is 24.8 Å². The summed E-state index contributed by atoms with van der Waals surface area (Å²) in [6, 6.07) is 14.2. The van der Waals surface area contributed by atoms with E-state index in [1.54, 1.807) is 19.2 Å². The average molecular weight is 626 g/mol. The Hall–Kier alpha value is -5.47. The van der Waals surface area contributed by atoms with Gasteiger partial charge >= 0.3 is 0 Å². The van der Waals surface area contributed by atoms with Crippen LogP contribution in [-0.2, 0) is 27.1 Å². The maximum absolute atomic E-state index is 13.3. The smallest absolute Gasteiger partial charge is 0.251 e. The van der Waals surface area contributed by atoms with Gasteiger partial charge in [-0.25, -0.2) is 8.78 Å². The minimum absolute atomic E-state index is 0. The summed E-state index contributed by atoms with van der Waals surface area (Å²) in [5, 5.41) is 40.7. The molecule has 0 aliphatic carbocycles. The molecule has 4 aromatic rings. The summed E-state index contributed by atoms with van der Waals surface area (Å²) < 4.78 is 50.6. The number of rotatable bonds is 8. The first kappa shape index (κ1) is 31.0. The molecule has 236 valence electrons. The van der Waals surface area contributed by atoms with E-state index in [9.17, 15) is 23.5 Å². The lowest BCUT2D eigenvalue weighted by Gasteiger charge is -2.12. The van der Waals surface area contributed by atoms with Gasteiger partial charge in [0.05, 0.1) is 30.6 Å². The maximum Gasteiger partial charge on any atom is 0.251 e. The summed E-state index contributed by atoms with van der Waals surface area (Å²) in [7, 11) is 1.67. The van der Waals surface area contributed by atoms with Gasteiger partial charge in [0, 0.05) is 29.3 Å². The number of nitrogens with one attached hydrogen (secondary N) is 2. The third-order valence-corrected chi connectivity index (χ3v) is 6.37. The van der Waals surface area contributed by atoms with Crippen LogP contribution in [-0.4, -0.2) is 36.5 Å². The highest BCUT2D eigenvalue weighted by atomic mass is 19.1. The minimum Gasteiger partial charge on any atom is -0.389 e. The molecule has 2 aromatic heterocycles. The predicted molar refractivity (Wildman–Crippen MR) is 158 cm³/mol. The van der Waals surface area contributed by atoms with E-state index in [-0.39, 0.29) is 58.0 Å². The van der Waals surface area contributed by atoms with Crippen molar-refractivity contribution < 1.29 is 32.3 Å². The lowest BCUT2D eigenvalue weighted by atomic mass is 9.96. The second-order valence-electron chi connectivity index (χ2n) is 9.96. The Bertz CT molecular complexity index is 1860. The standard InChI is InChI=1S/C16H17FN4O.C15H15FN4O2.FH/c1-10(2)15-6-11(17)4-5-14(15)16(22)19-9-12-7-13(8-18)21(3)20-12;1-9(21)14-5-10(16)3-4-13(14)15(22)18-8-11-6-12(7-17)20(2)19-11;/h4-7,10H,9H2,1-3H3,(H,19,22);3-6,9,21H,8H2,1-2H3,(H,18,22);1H/t;9-;/m.0./s1/i;2D3;. The number of nitrogens with zero attached hydrogens (tertiary/aromatic N) is 6. The van der Waals surface area contributed by atoms with Crippen LogP contribution in [0.2, 0.25) is 0 Å². The Morgan fingerprint density at radius 2 is 1.31 bits per heavy atom. The van der Waals surface area contributed by atoms with Gasteiger partial charge in [0.25, 0.3) is 11.8 Å². The molecule has 0 aliphatic rings. The molecule has 4 rings (SSSR count). The number of hydrogen-bond donors (Lipinski definition) is 3. The zero-order valence-electron chi connectivity index (χ0n) is 27.8. The van der Waals surface area contributed by atoms with Crippen molar-refractivity contribution in [3.05, 3.63) is 105 Å². The molecule has 2 heterocycles. The second kappa shape index (κ2) is 15.8. The molecule has 0 spiro atoms. The molecule has 2 aromatic carbocycles. The van der Waals surface area contributed by atoms with Gasteiger partial charge < -0.3 is 15.7 Å². The Kier molecular flexibility index (Phi) is 10.9. The predicted octanol–water partition coefficient (Wildman–Crippen LogP) is 4.05. The van der Waals surface area contributed by atoms with Gasteiger partial charge in [-0.15, -0.1) is 0 Å². The quantitative estimate of drug-likeness (QED) is 0.266. The van der Waals surface area contributed by atoms with Crippen LogP contribution in [0.1, 0.15) is 91.5 Å². The van der Waals surface area contributed by atoms with Crippen LogP contribution in [0.15, 0.2) is 48.5 Å². The van der Waals surface area contributed by atoms with Gasteiger partial charge in [0.15, 0.2) is 0 Å². The molecule has 0 radical (unpaired) electrons. The van der Waals surface area contributed by atoms with Crippen molar-refractivity contribution in [3.8, 4) is 12.1 Å². The second-order valence-corrected chi connectivity index (χ2v) is 9.96. The molecule has 1 atom stereocenters. The Balaban J connectivity index is 0.000000329. The first-order chi connectivity index (χ1) is 22.0. The number of nitriles is 2. The highest BCUT2D eigenvalue weighted by molar-refractivity contribution is 5.96. The largest absolute Gasteiger partial charge is 0.389 e. The highest BCUT2D eigenvalue weighted by Gasteiger charge is 2.17. The number of halogens is 3. The number of aromatic nitrogens is 4. The number of hydrogen-bond acceptors (Lipinski definition) is 7. The van der Waals surface area contributed by atoms with Gasteiger partial charge in [-0.1, -0.05) is 13.8 Å². The van der Waals surface area contributed by atoms with Gasteiger partial charge in [0.1, 0.15) is 35.2 Å². The molecule has 0 fully saturated rings. The number of aliphatic hydroxyl groups is 1. The lowest BCUT2D eigenvalue weighted by Crippen LogP contribution is -2.24. The van der Waals surface area contributed by atoms with Crippen molar-refractivity contribution in [2.24, 2.45) is 14.0 Å². The van der Waals surface area contributed by atoms with Crippen LogP contribution in [0.5, 0.6) is 0 Å². The number of carbonyl (C=O) groups is 2. The molecule has 0 saturated carbocycles. The van der Waals surface area contributed by atoms with Gasteiger partial charge in [-0.05, 0) is 72.5 Å². The number of aryl methyl sites for hydroxylation is 2. The van der Waals surface area contributed by atoms with E-state index >= 15 is 0 Å². The first-order valence-corrected chi connectivity index (χ1v) is 13.3. The highest BCUT2D eigenvalue weighted by Crippen LogP contribution is 2.21. The summed E-state index contributed by atoms with van der Waals surface area (Å²) in [6.07, 6.45) is -1.04. The van der Waals surface area contributed by atoms with Crippen molar-refractivity contribution in [3.63, 3.8) is 0 Å². The zero-order valence-corrected chi connectivity index (χ0v) is 24.8. The summed E-state index contributed by atoms with van der Waals surface area (Å²) >= 11 is 0. The molecule has 14 heteroatoms. The normalized spacial score (nSPS) is 12.2. The lowest BCUT2D eigenvalue weighted by molar-refractivity contribution is 0.0938. The summed E-state index contributed by atoms with van der Waals surface area (Å²) in [4.78, 5) is 24.5. The van der Waals surface area contributed by atoms with Crippen molar-refractivity contribution in [1.29, 1.82) is 10.5 Å². The first-order valence-electron chi connectivity index (χ1n) is 14.8. The molecule has 3 N–H and O–H groups in total. The van der Waals surface area contributed by atoms with Crippen molar-refractivity contribution in [2.45, 2.75) is 45.9 Å². The monoisotopic (exact) mass is 625 g/mol. The average Bonchev–Trinajstić information content (AvgIpc) is 3.61. The summed E-state index contributed by atoms with van der Waals surface area (Å²) in [6.45, 7) is 2.69. The van der Waals surface area contributed by atoms with E-state index in [2.05, 4.69) is 20.8 Å². The fourth-order valence-electron chi connectivity index (χ4n) is 4.15. The molecular formula is C31H33F3N8O3. The summed E-state index contributed by atoms with van der Waals surface area (Å²) in [5.41, 5.74) is 2.38. The number of amides is 2. The van der Waals surface area contributed by atoms with Crippen LogP contribution in [0, 0.1) is 34.3 Å². The van der Waals surface area contributed by atoms with Crippen LogP contribution < -0.4 is 10.6 Å². The van der Waals surface area contributed by atoms with Crippen LogP contribution >= 0.6 is 0 Å². The van der Waals surface area contributed by atoms with E-state index in [1.165, 1.54) is 41.9 Å². The molecule has 0 saturated heterocycles. The fraction of sp³-hybridized carbons (Fsp3) is 0.290. The fourth-order valence-corrected chi connectivity index (χ4v) is 4.15. The Morgan fingerprint density at radius 1 is 0.867 bits per heavy atom. The van der Waals surface area contributed by atoms with Gasteiger partial charge in [-0.2, -0.15) is 20.7 Å². The molecule has 11 nitrogen and oxygen atoms in total. The van der Waals surface area contributed by atoms with Crippen LogP contribution in [0.4, 0.5) is 13.5 Å². The van der Waals surface area contributed by atoms with Gasteiger partial charge in [-0.3, -0.25) is 23.7 Å². The number of benzene rings is 2. The Morgan fingerprint density at radius 3 is 1.71 bits per heavy atom. The number of carbonyl (C=O) groups excluding carboxylic acids is 2.